The molecule has 1 aliphatic rings. The lowest BCUT2D eigenvalue weighted by atomic mass is 10.0. The van der Waals surface area contributed by atoms with Gasteiger partial charge < -0.3 is 15.0 Å². The van der Waals surface area contributed by atoms with Crippen molar-refractivity contribution in [2.75, 3.05) is 0 Å². The SMILES string of the molecule is CCCCn1c2c(cc(C(=O)N[C@H](C(=O)O)c3ccccc3)c1=O)CCCCC2. The third-order valence-corrected chi connectivity index (χ3v) is 5.49. The number of hydrogen-bond acceptors (Lipinski definition) is 3. The number of benzene rings is 1. The zero-order valence-corrected chi connectivity index (χ0v) is 16.8. The predicted octanol–water partition coefficient (Wildman–Crippen LogP) is 3.47. The van der Waals surface area contributed by atoms with Crippen LogP contribution in [0.5, 0.6) is 0 Å². The number of nitrogens with one attached hydrogen (secondary N) is 1. The van der Waals surface area contributed by atoms with E-state index in [1.54, 1.807) is 41.0 Å². The van der Waals surface area contributed by atoms with E-state index >= 15 is 0 Å². The molecule has 0 aliphatic heterocycles. The van der Waals surface area contributed by atoms with Crippen LogP contribution in [0.15, 0.2) is 41.2 Å². The van der Waals surface area contributed by atoms with Crippen LogP contribution >= 0.6 is 0 Å². The molecule has 1 amide bonds. The van der Waals surface area contributed by atoms with E-state index in [0.717, 1.165) is 56.2 Å². The van der Waals surface area contributed by atoms with Crippen molar-refractivity contribution in [1.82, 2.24) is 9.88 Å². The molecule has 0 spiro atoms. The molecule has 2 N–H and O–H groups in total. The van der Waals surface area contributed by atoms with Crippen LogP contribution in [0.4, 0.5) is 0 Å². The van der Waals surface area contributed by atoms with Crippen LogP contribution in [0.25, 0.3) is 0 Å². The van der Waals surface area contributed by atoms with Crippen molar-refractivity contribution in [2.45, 2.75) is 64.5 Å². The minimum absolute atomic E-state index is 0.0314. The molecule has 6 heteroatoms. The topological polar surface area (TPSA) is 88.4 Å². The van der Waals surface area contributed by atoms with Crippen LogP contribution in [0.2, 0.25) is 0 Å². The molecule has 0 fully saturated rings. The predicted molar refractivity (Wildman–Crippen MR) is 111 cm³/mol. The van der Waals surface area contributed by atoms with Crippen molar-refractivity contribution in [3.05, 3.63) is 69.1 Å². The highest BCUT2D eigenvalue weighted by atomic mass is 16.4. The van der Waals surface area contributed by atoms with E-state index in [4.69, 9.17) is 0 Å². The summed E-state index contributed by atoms with van der Waals surface area (Å²) in [6.45, 7) is 2.65. The Kier molecular flexibility index (Phi) is 6.86. The average Bonchev–Trinajstić information content (AvgIpc) is 2.96. The fourth-order valence-electron chi connectivity index (χ4n) is 3.91. The molecule has 3 rings (SSSR count). The highest BCUT2D eigenvalue weighted by Gasteiger charge is 2.26. The number of rotatable bonds is 7. The van der Waals surface area contributed by atoms with Gasteiger partial charge in [-0.3, -0.25) is 9.59 Å². The van der Waals surface area contributed by atoms with Crippen LogP contribution in [-0.2, 0) is 24.2 Å². The maximum Gasteiger partial charge on any atom is 0.330 e. The maximum absolute atomic E-state index is 13.1. The lowest BCUT2D eigenvalue weighted by molar-refractivity contribution is -0.139. The maximum atomic E-state index is 13.1. The summed E-state index contributed by atoms with van der Waals surface area (Å²) in [5.41, 5.74) is 2.25. The minimum Gasteiger partial charge on any atom is -0.479 e. The van der Waals surface area contributed by atoms with Gasteiger partial charge in [-0.15, -0.1) is 0 Å². The van der Waals surface area contributed by atoms with Gasteiger partial charge in [0, 0.05) is 12.2 Å². The summed E-state index contributed by atoms with van der Waals surface area (Å²) in [7, 11) is 0. The quantitative estimate of drug-likeness (QED) is 0.702. The number of unbranched alkanes of at least 4 members (excludes halogenated alkanes) is 1. The molecule has 154 valence electrons. The number of carbonyl (C=O) groups is 2. The summed E-state index contributed by atoms with van der Waals surface area (Å²) in [4.78, 5) is 37.8. The molecule has 0 saturated carbocycles. The highest BCUT2D eigenvalue weighted by Crippen LogP contribution is 2.21. The molecular formula is C23H28N2O4. The van der Waals surface area contributed by atoms with E-state index in [1.807, 2.05) is 0 Å². The lowest BCUT2D eigenvalue weighted by Gasteiger charge is -2.19. The molecule has 29 heavy (non-hydrogen) atoms. The van der Waals surface area contributed by atoms with Gasteiger partial charge in [0.2, 0.25) is 0 Å². The number of nitrogens with zero attached hydrogens (tertiary/aromatic N) is 1. The van der Waals surface area contributed by atoms with Crippen molar-refractivity contribution in [1.29, 1.82) is 0 Å². The third-order valence-electron chi connectivity index (χ3n) is 5.49. The number of fused-ring (bicyclic) bond motifs is 1. The zero-order chi connectivity index (χ0) is 20.8. The van der Waals surface area contributed by atoms with Gasteiger partial charge in [0.1, 0.15) is 5.56 Å². The van der Waals surface area contributed by atoms with Crippen LogP contribution < -0.4 is 10.9 Å². The second-order valence-electron chi connectivity index (χ2n) is 7.56. The fourth-order valence-corrected chi connectivity index (χ4v) is 3.91. The van der Waals surface area contributed by atoms with Crippen molar-refractivity contribution in [3.63, 3.8) is 0 Å². The first-order chi connectivity index (χ1) is 14.0. The number of carbonyl (C=O) groups excluding carboxylic acids is 1. The molecule has 0 bridgehead atoms. The summed E-state index contributed by atoms with van der Waals surface area (Å²) in [6, 6.07) is 9.00. The Bertz CT molecular complexity index is 934. The molecule has 0 radical (unpaired) electrons. The summed E-state index contributed by atoms with van der Waals surface area (Å²) in [5.74, 6) is -1.80. The second kappa shape index (κ2) is 9.54. The Morgan fingerprint density at radius 2 is 1.86 bits per heavy atom. The molecule has 0 saturated heterocycles. The number of pyridine rings is 1. The van der Waals surface area contributed by atoms with E-state index in [9.17, 15) is 19.5 Å². The lowest BCUT2D eigenvalue weighted by Crippen LogP contribution is -2.39. The van der Waals surface area contributed by atoms with E-state index in [-0.39, 0.29) is 11.1 Å². The molecule has 2 aromatic rings. The van der Waals surface area contributed by atoms with Gasteiger partial charge in [-0.05, 0) is 49.3 Å². The smallest absolute Gasteiger partial charge is 0.330 e. The van der Waals surface area contributed by atoms with Gasteiger partial charge in [0.05, 0.1) is 0 Å². The number of carboxylic acid groups (broad SMARTS) is 1. The largest absolute Gasteiger partial charge is 0.479 e. The van der Waals surface area contributed by atoms with Crippen LogP contribution in [-0.4, -0.2) is 21.6 Å². The molecular weight excluding hydrogens is 368 g/mol. The highest BCUT2D eigenvalue weighted by molar-refractivity contribution is 5.96. The number of carboxylic acids is 1. The molecule has 1 atom stereocenters. The molecule has 1 aromatic carbocycles. The number of amides is 1. The average molecular weight is 396 g/mol. The monoisotopic (exact) mass is 396 g/mol. The Hall–Kier alpha value is -2.89. The van der Waals surface area contributed by atoms with Crippen LogP contribution in [0.3, 0.4) is 0 Å². The van der Waals surface area contributed by atoms with Crippen LogP contribution in [0.1, 0.15) is 72.2 Å². The summed E-state index contributed by atoms with van der Waals surface area (Å²) < 4.78 is 1.75. The summed E-state index contributed by atoms with van der Waals surface area (Å²) in [5, 5.41) is 12.1. The van der Waals surface area contributed by atoms with Crippen molar-refractivity contribution in [2.24, 2.45) is 0 Å². The molecule has 1 aromatic heterocycles. The van der Waals surface area contributed by atoms with Gasteiger partial charge in [-0.25, -0.2) is 4.79 Å². The van der Waals surface area contributed by atoms with Gasteiger partial charge >= 0.3 is 5.97 Å². The summed E-state index contributed by atoms with van der Waals surface area (Å²) in [6.07, 6.45) is 6.67. The standard InChI is InChI=1S/C23H28N2O4/c1-2-3-14-25-19-13-9-5-8-12-17(19)15-18(22(25)27)21(26)24-20(23(28)29)16-10-6-4-7-11-16/h4,6-7,10-11,15,20H,2-3,5,8-9,12-14H2,1H3,(H,24,26)(H,28,29)/t20-/m0/s1. The van der Waals surface area contributed by atoms with Crippen molar-refractivity contribution in [3.8, 4) is 0 Å². The van der Waals surface area contributed by atoms with E-state index in [1.165, 1.54) is 0 Å². The van der Waals surface area contributed by atoms with Gasteiger partial charge in [-0.2, -0.15) is 0 Å². The first-order valence-corrected chi connectivity index (χ1v) is 10.4. The Balaban J connectivity index is 1.98. The Morgan fingerprint density at radius 3 is 2.55 bits per heavy atom. The fraction of sp³-hybridized carbons (Fsp3) is 0.435. The normalized spacial score (nSPS) is 14.5. The number of aliphatic carboxylic acids is 1. The molecule has 0 unspecified atom stereocenters. The number of hydrogen-bond donors (Lipinski definition) is 2. The second-order valence-corrected chi connectivity index (χ2v) is 7.56. The minimum atomic E-state index is -1.20. The van der Waals surface area contributed by atoms with Gasteiger partial charge in [-0.1, -0.05) is 50.1 Å². The van der Waals surface area contributed by atoms with Crippen molar-refractivity contribution >= 4 is 11.9 Å². The van der Waals surface area contributed by atoms with E-state index in [2.05, 4.69) is 12.2 Å². The first kappa shape index (κ1) is 20.8. The van der Waals surface area contributed by atoms with Gasteiger partial charge in [0.15, 0.2) is 6.04 Å². The Morgan fingerprint density at radius 1 is 1.14 bits per heavy atom. The number of aryl methyl sites for hydroxylation is 1. The molecule has 1 heterocycles. The Labute approximate surface area is 170 Å². The summed E-state index contributed by atoms with van der Waals surface area (Å²) >= 11 is 0. The zero-order valence-electron chi connectivity index (χ0n) is 16.8. The van der Waals surface area contributed by atoms with Gasteiger partial charge in [0.25, 0.3) is 11.5 Å². The van der Waals surface area contributed by atoms with E-state index < -0.39 is 17.9 Å². The van der Waals surface area contributed by atoms with Crippen molar-refractivity contribution < 1.29 is 14.7 Å². The third kappa shape index (κ3) is 4.75. The molecule has 6 nitrogen and oxygen atoms in total. The van der Waals surface area contributed by atoms with E-state index in [0.29, 0.717) is 12.1 Å². The number of aromatic nitrogens is 1. The molecule has 1 aliphatic carbocycles. The first-order valence-electron chi connectivity index (χ1n) is 10.4. The van der Waals surface area contributed by atoms with Crippen LogP contribution in [0, 0.1) is 0 Å².